The lowest BCUT2D eigenvalue weighted by molar-refractivity contribution is -0.140. The summed E-state index contributed by atoms with van der Waals surface area (Å²) in [6.07, 6.45) is 1.50. The van der Waals surface area contributed by atoms with Crippen molar-refractivity contribution in [1.29, 1.82) is 0 Å². The van der Waals surface area contributed by atoms with Gasteiger partial charge in [0.2, 0.25) is 0 Å². The number of aliphatic hydroxyl groups is 1. The second-order valence-electron chi connectivity index (χ2n) is 7.63. The smallest absolute Gasteiger partial charge is 0.295 e. The Morgan fingerprint density at radius 3 is 2.57 bits per heavy atom. The van der Waals surface area contributed by atoms with Gasteiger partial charge < -0.3 is 19.2 Å². The maximum absolute atomic E-state index is 13.0. The molecule has 0 unspecified atom stereocenters. The Bertz CT molecular complexity index is 985. The molecule has 0 aromatic carbocycles. The fourth-order valence-corrected chi connectivity index (χ4v) is 4.18. The van der Waals surface area contributed by atoms with Crippen LogP contribution in [0.4, 0.5) is 0 Å². The summed E-state index contributed by atoms with van der Waals surface area (Å²) in [7, 11) is 1.77. The van der Waals surface area contributed by atoms with Crippen LogP contribution in [-0.4, -0.2) is 75.8 Å². The number of carbonyl (C=O) groups excluding carboxylic acids is 2. The molecule has 4 rings (SSSR count). The van der Waals surface area contributed by atoms with Crippen molar-refractivity contribution < 1.29 is 23.8 Å². The predicted molar refractivity (Wildman–Crippen MR) is 108 cm³/mol. The van der Waals surface area contributed by atoms with Crippen molar-refractivity contribution in [2.75, 3.05) is 39.4 Å². The summed E-state index contributed by atoms with van der Waals surface area (Å²) in [6.45, 7) is 7.40. The van der Waals surface area contributed by atoms with E-state index in [1.807, 2.05) is 6.92 Å². The van der Waals surface area contributed by atoms with Crippen LogP contribution < -0.4 is 0 Å². The number of ketones is 1. The molecule has 2 aliphatic rings. The number of hydrogen-bond donors (Lipinski definition) is 1. The minimum absolute atomic E-state index is 0.0381. The van der Waals surface area contributed by atoms with Crippen LogP contribution in [-0.2, 0) is 21.4 Å². The van der Waals surface area contributed by atoms with E-state index < -0.39 is 17.7 Å². The van der Waals surface area contributed by atoms with Gasteiger partial charge in [0, 0.05) is 38.9 Å². The first-order chi connectivity index (χ1) is 14.4. The number of ether oxygens (including phenoxy) is 1. The van der Waals surface area contributed by atoms with Gasteiger partial charge in [-0.25, -0.2) is 0 Å². The Balaban J connectivity index is 1.74. The summed E-state index contributed by atoms with van der Waals surface area (Å²) in [5, 5.41) is 15.5. The van der Waals surface area contributed by atoms with Gasteiger partial charge in [0.25, 0.3) is 11.7 Å². The molecule has 30 heavy (non-hydrogen) atoms. The molecule has 4 heterocycles. The maximum Gasteiger partial charge on any atom is 0.295 e. The first-order valence-corrected chi connectivity index (χ1v) is 10.0. The molecule has 2 fully saturated rings. The summed E-state index contributed by atoms with van der Waals surface area (Å²) in [5.41, 5.74) is 1.81. The molecule has 1 amide bonds. The number of hydrogen-bond acceptors (Lipinski definition) is 7. The van der Waals surface area contributed by atoms with E-state index in [4.69, 9.17) is 9.15 Å². The van der Waals surface area contributed by atoms with Gasteiger partial charge >= 0.3 is 0 Å². The van der Waals surface area contributed by atoms with Gasteiger partial charge in [-0.3, -0.25) is 19.2 Å². The molecule has 160 valence electrons. The van der Waals surface area contributed by atoms with Crippen LogP contribution >= 0.6 is 0 Å². The summed E-state index contributed by atoms with van der Waals surface area (Å²) < 4.78 is 12.6. The van der Waals surface area contributed by atoms with Crippen LogP contribution in [0.15, 0.2) is 28.4 Å². The molecule has 0 saturated carbocycles. The van der Waals surface area contributed by atoms with Gasteiger partial charge in [0.1, 0.15) is 17.6 Å². The molecule has 2 aromatic rings. The normalized spacial score (nSPS) is 22.2. The van der Waals surface area contributed by atoms with Crippen LogP contribution in [0.25, 0.3) is 5.76 Å². The van der Waals surface area contributed by atoms with Gasteiger partial charge in [-0.1, -0.05) is 0 Å². The summed E-state index contributed by atoms with van der Waals surface area (Å²) in [5.74, 6) is -1.12. The number of rotatable bonds is 5. The number of likely N-dealkylation sites (tertiary alicyclic amines) is 1. The molecule has 0 spiro atoms. The number of aryl methyl sites for hydroxylation is 2. The number of morpholine rings is 1. The zero-order valence-electron chi connectivity index (χ0n) is 17.4. The van der Waals surface area contributed by atoms with Crippen molar-refractivity contribution in [3.05, 3.63) is 46.7 Å². The average Bonchev–Trinajstić information content (AvgIpc) is 3.41. The van der Waals surface area contributed by atoms with Crippen molar-refractivity contribution in [2.24, 2.45) is 7.05 Å². The summed E-state index contributed by atoms with van der Waals surface area (Å²) in [6, 6.07) is 2.65. The number of Topliss-reactive ketones (excluding diaryl/α,β-unsaturated/α-hetero) is 1. The van der Waals surface area contributed by atoms with Crippen LogP contribution in [0.2, 0.25) is 0 Å². The quantitative estimate of drug-likeness (QED) is 0.448. The number of amides is 1. The highest BCUT2D eigenvalue weighted by Gasteiger charge is 2.47. The minimum Gasteiger partial charge on any atom is -0.507 e. The highest BCUT2D eigenvalue weighted by Crippen LogP contribution is 2.40. The van der Waals surface area contributed by atoms with E-state index in [-0.39, 0.29) is 11.3 Å². The van der Waals surface area contributed by atoms with E-state index in [0.29, 0.717) is 49.0 Å². The standard InChI is InChI=1S/C21H26N4O5/c1-13-16(14(2)23(3)22-13)19(26)17-18(15-5-4-10-30-15)25(21(28)20(17)27)7-6-24-8-11-29-12-9-24/h4-5,10,18,26H,6-9,11-12H2,1-3H3/b19-17+/t18-/m0/s1. The second-order valence-corrected chi connectivity index (χ2v) is 7.63. The summed E-state index contributed by atoms with van der Waals surface area (Å²) >= 11 is 0. The molecule has 9 nitrogen and oxygen atoms in total. The molecule has 2 aromatic heterocycles. The van der Waals surface area contributed by atoms with Crippen molar-refractivity contribution in [3.8, 4) is 0 Å². The van der Waals surface area contributed by atoms with Crippen molar-refractivity contribution in [2.45, 2.75) is 19.9 Å². The highest BCUT2D eigenvalue weighted by molar-refractivity contribution is 6.46. The fourth-order valence-electron chi connectivity index (χ4n) is 4.18. The topological polar surface area (TPSA) is 101 Å². The first kappa shape index (κ1) is 20.4. The molecular weight excluding hydrogens is 388 g/mol. The largest absolute Gasteiger partial charge is 0.507 e. The van der Waals surface area contributed by atoms with Gasteiger partial charge in [0.05, 0.1) is 36.3 Å². The summed E-state index contributed by atoms with van der Waals surface area (Å²) in [4.78, 5) is 29.6. The lowest BCUT2D eigenvalue weighted by Crippen LogP contribution is -2.42. The Hall–Kier alpha value is -2.91. The van der Waals surface area contributed by atoms with E-state index >= 15 is 0 Å². The number of carbonyl (C=O) groups is 2. The Kier molecular flexibility index (Phi) is 5.48. The third-order valence-corrected chi connectivity index (χ3v) is 5.86. The van der Waals surface area contributed by atoms with Gasteiger partial charge in [-0.15, -0.1) is 0 Å². The third kappa shape index (κ3) is 3.44. The third-order valence-electron chi connectivity index (χ3n) is 5.86. The van der Waals surface area contributed by atoms with Crippen LogP contribution in [0.1, 0.15) is 28.8 Å². The molecule has 2 saturated heterocycles. The lowest BCUT2D eigenvalue weighted by Gasteiger charge is -2.30. The van der Waals surface area contributed by atoms with Crippen LogP contribution in [0.3, 0.4) is 0 Å². The SMILES string of the molecule is Cc1nn(C)c(C)c1/C(O)=C1\C(=O)C(=O)N(CCN2CCOCC2)[C@H]1c1ccco1. The van der Waals surface area contributed by atoms with E-state index in [1.54, 1.807) is 30.8 Å². The van der Waals surface area contributed by atoms with Crippen molar-refractivity contribution >= 4 is 17.4 Å². The Labute approximate surface area is 174 Å². The van der Waals surface area contributed by atoms with Crippen molar-refractivity contribution in [3.63, 3.8) is 0 Å². The van der Waals surface area contributed by atoms with Gasteiger partial charge in [-0.05, 0) is 26.0 Å². The Morgan fingerprint density at radius 2 is 1.97 bits per heavy atom. The highest BCUT2D eigenvalue weighted by atomic mass is 16.5. The molecule has 1 N–H and O–H groups in total. The first-order valence-electron chi connectivity index (χ1n) is 10.0. The molecule has 0 radical (unpaired) electrons. The average molecular weight is 414 g/mol. The fraction of sp³-hybridized carbons (Fsp3) is 0.476. The molecule has 9 heteroatoms. The van der Waals surface area contributed by atoms with E-state index in [2.05, 4.69) is 10.00 Å². The van der Waals surface area contributed by atoms with Crippen LogP contribution in [0.5, 0.6) is 0 Å². The molecule has 0 aliphatic carbocycles. The number of aromatic nitrogens is 2. The van der Waals surface area contributed by atoms with Crippen molar-refractivity contribution in [1.82, 2.24) is 19.6 Å². The monoisotopic (exact) mass is 414 g/mol. The zero-order valence-corrected chi connectivity index (χ0v) is 17.4. The molecule has 0 bridgehead atoms. The second kappa shape index (κ2) is 8.08. The maximum atomic E-state index is 13.0. The van der Waals surface area contributed by atoms with Crippen LogP contribution in [0, 0.1) is 13.8 Å². The van der Waals surface area contributed by atoms with E-state index in [0.717, 1.165) is 13.1 Å². The number of nitrogens with zero attached hydrogens (tertiary/aromatic N) is 4. The number of aliphatic hydroxyl groups excluding tert-OH is 1. The number of furan rings is 1. The van der Waals surface area contributed by atoms with Gasteiger partial charge in [0.15, 0.2) is 0 Å². The van der Waals surface area contributed by atoms with E-state index in [1.165, 1.54) is 11.2 Å². The predicted octanol–water partition coefficient (Wildman–Crippen LogP) is 1.38. The lowest BCUT2D eigenvalue weighted by atomic mass is 9.98. The molecule has 1 atom stereocenters. The van der Waals surface area contributed by atoms with Gasteiger partial charge in [-0.2, -0.15) is 5.10 Å². The molecule has 2 aliphatic heterocycles. The zero-order chi connectivity index (χ0) is 21.4. The molecular formula is C21H26N4O5. The Morgan fingerprint density at radius 1 is 1.23 bits per heavy atom. The van der Waals surface area contributed by atoms with E-state index in [9.17, 15) is 14.7 Å². The minimum atomic E-state index is -0.778.